The number of likely N-dealkylation sites (tertiary alicyclic amines) is 1. The van der Waals surface area contributed by atoms with Crippen molar-refractivity contribution >= 4 is 17.5 Å². The number of methoxy groups -OCH3 is 1. The molecule has 1 saturated carbocycles. The van der Waals surface area contributed by atoms with Crippen LogP contribution in [0.3, 0.4) is 0 Å². The number of nitrogens with one attached hydrogen (secondary N) is 1. The number of fused-ring (bicyclic) bond motifs is 1. The number of aliphatic hydroxyl groups excluding tert-OH is 1. The lowest BCUT2D eigenvalue weighted by Gasteiger charge is -2.68. The van der Waals surface area contributed by atoms with Gasteiger partial charge in [-0.05, 0) is 48.6 Å². The Morgan fingerprint density at radius 3 is 2.67 bits per heavy atom. The number of carbonyl (C=O) groups is 2. The quantitative estimate of drug-likeness (QED) is 0.800. The largest absolute Gasteiger partial charge is 0.497 e. The van der Waals surface area contributed by atoms with E-state index in [1.54, 1.807) is 7.11 Å². The molecule has 1 spiro atoms. The fourth-order valence-corrected chi connectivity index (χ4v) is 6.14. The molecule has 6 heteroatoms. The number of hydrogen-bond acceptors (Lipinski definition) is 4. The van der Waals surface area contributed by atoms with E-state index >= 15 is 0 Å². The maximum absolute atomic E-state index is 13.9. The highest BCUT2D eigenvalue weighted by Gasteiger charge is 2.74. The molecule has 0 aromatic heterocycles. The van der Waals surface area contributed by atoms with E-state index in [0.717, 1.165) is 29.0 Å². The number of nitrogens with zero attached hydrogens (tertiary/aromatic N) is 1. The second kappa shape index (κ2) is 6.84. The summed E-state index contributed by atoms with van der Waals surface area (Å²) < 4.78 is 5.22. The highest BCUT2D eigenvalue weighted by atomic mass is 16.5. The molecule has 6 nitrogen and oxygen atoms in total. The van der Waals surface area contributed by atoms with E-state index in [1.165, 1.54) is 0 Å². The monoisotopic (exact) mass is 406 g/mol. The van der Waals surface area contributed by atoms with Gasteiger partial charge in [-0.25, -0.2) is 0 Å². The molecule has 0 unspecified atom stereocenters. The minimum Gasteiger partial charge on any atom is -0.497 e. The van der Waals surface area contributed by atoms with E-state index in [4.69, 9.17) is 4.74 Å². The summed E-state index contributed by atoms with van der Waals surface area (Å²) in [5.41, 5.74) is 1.63. The zero-order chi connectivity index (χ0) is 20.9. The zero-order valence-electron chi connectivity index (χ0n) is 17.1. The minimum absolute atomic E-state index is 0.00123. The fourth-order valence-electron chi connectivity index (χ4n) is 6.14. The van der Waals surface area contributed by atoms with Crippen molar-refractivity contribution in [3.8, 4) is 5.75 Å². The summed E-state index contributed by atoms with van der Waals surface area (Å²) in [6.07, 6.45) is 1.60. The van der Waals surface area contributed by atoms with Gasteiger partial charge in [0.05, 0.1) is 18.4 Å². The molecule has 156 valence electrons. The molecule has 2 amide bonds. The Hall–Kier alpha value is -2.86. The topological polar surface area (TPSA) is 78.9 Å². The number of hydrogen-bond donors (Lipinski definition) is 2. The number of para-hydroxylation sites is 1. The first-order chi connectivity index (χ1) is 14.6. The first-order valence-electron chi connectivity index (χ1n) is 10.5. The molecule has 2 aromatic rings. The van der Waals surface area contributed by atoms with Crippen LogP contribution in [0.15, 0.2) is 48.5 Å². The summed E-state index contributed by atoms with van der Waals surface area (Å²) in [5.74, 6) is 0.621. The van der Waals surface area contributed by atoms with Gasteiger partial charge >= 0.3 is 0 Å². The van der Waals surface area contributed by atoms with Gasteiger partial charge in [0.1, 0.15) is 5.75 Å². The van der Waals surface area contributed by atoms with Crippen molar-refractivity contribution in [3.05, 3.63) is 59.7 Å². The van der Waals surface area contributed by atoms with Gasteiger partial charge < -0.3 is 20.1 Å². The lowest BCUT2D eigenvalue weighted by Crippen LogP contribution is -2.75. The predicted molar refractivity (Wildman–Crippen MR) is 112 cm³/mol. The van der Waals surface area contributed by atoms with E-state index in [0.29, 0.717) is 25.9 Å². The molecule has 2 aliphatic heterocycles. The van der Waals surface area contributed by atoms with Gasteiger partial charge in [0, 0.05) is 30.8 Å². The molecule has 1 saturated heterocycles. The fraction of sp³-hybridized carbons (Fsp3) is 0.417. The van der Waals surface area contributed by atoms with Crippen molar-refractivity contribution < 1.29 is 19.4 Å². The molecule has 2 N–H and O–H groups in total. The Labute approximate surface area is 175 Å². The van der Waals surface area contributed by atoms with Crippen LogP contribution >= 0.6 is 0 Å². The maximum atomic E-state index is 13.9. The normalized spacial score (nSPS) is 29.3. The van der Waals surface area contributed by atoms with Crippen LogP contribution in [0.1, 0.15) is 30.4 Å². The average Bonchev–Trinajstić information content (AvgIpc) is 2.75. The van der Waals surface area contributed by atoms with Crippen molar-refractivity contribution in [2.75, 3.05) is 25.6 Å². The molecule has 0 radical (unpaired) electrons. The summed E-state index contributed by atoms with van der Waals surface area (Å²) in [6.45, 7) is 1.04. The van der Waals surface area contributed by atoms with E-state index in [2.05, 4.69) is 5.32 Å². The van der Waals surface area contributed by atoms with Gasteiger partial charge in [-0.3, -0.25) is 9.59 Å². The average molecular weight is 406 g/mol. The lowest BCUT2D eigenvalue weighted by molar-refractivity contribution is -0.187. The van der Waals surface area contributed by atoms with Gasteiger partial charge in [0.2, 0.25) is 11.8 Å². The first-order valence-corrected chi connectivity index (χ1v) is 10.5. The number of piperidine rings is 1. The van der Waals surface area contributed by atoms with Crippen LogP contribution in [0.2, 0.25) is 0 Å². The van der Waals surface area contributed by atoms with Gasteiger partial charge in [-0.15, -0.1) is 0 Å². The van der Waals surface area contributed by atoms with Crippen LogP contribution in [0.5, 0.6) is 5.75 Å². The third-order valence-electron chi connectivity index (χ3n) is 7.53. The van der Waals surface area contributed by atoms with Crippen molar-refractivity contribution in [1.29, 1.82) is 0 Å². The van der Waals surface area contributed by atoms with E-state index in [9.17, 15) is 14.7 Å². The molecular weight excluding hydrogens is 380 g/mol. The molecule has 3 atom stereocenters. The Bertz CT molecular complexity index is 1000. The van der Waals surface area contributed by atoms with Crippen LogP contribution in [0, 0.1) is 11.3 Å². The molecule has 2 heterocycles. The molecule has 0 bridgehead atoms. The summed E-state index contributed by atoms with van der Waals surface area (Å²) in [7, 11) is 1.63. The van der Waals surface area contributed by atoms with Gasteiger partial charge in [0.15, 0.2) is 0 Å². The van der Waals surface area contributed by atoms with Crippen molar-refractivity contribution in [2.24, 2.45) is 11.3 Å². The number of aliphatic hydroxyl groups is 1. The van der Waals surface area contributed by atoms with Crippen LogP contribution in [0.4, 0.5) is 5.69 Å². The smallest absolute Gasteiger partial charge is 0.230 e. The highest BCUT2D eigenvalue weighted by molar-refractivity contribution is 6.03. The van der Waals surface area contributed by atoms with Crippen LogP contribution in [0.25, 0.3) is 0 Å². The Balaban J connectivity index is 1.52. The summed E-state index contributed by atoms with van der Waals surface area (Å²) in [4.78, 5) is 28.6. The first kappa shape index (κ1) is 19.1. The third-order valence-corrected chi connectivity index (χ3v) is 7.53. The Kier molecular flexibility index (Phi) is 4.36. The molecule has 5 rings (SSSR count). The van der Waals surface area contributed by atoms with E-state index < -0.39 is 10.8 Å². The van der Waals surface area contributed by atoms with E-state index in [1.807, 2.05) is 53.4 Å². The lowest BCUT2D eigenvalue weighted by atomic mass is 9.37. The number of anilines is 1. The molecule has 1 aliphatic carbocycles. The number of rotatable bonds is 5. The Morgan fingerprint density at radius 2 is 1.93 bits per heavy atom. The number of benzene rings is 2. The van der Waals surface area contributed by atoms with Crippen molar-refractivity contribution in [2.45, 2.75) is 31.2 Å². The summed E-state index contributed by atoms with van der Waals surface area (Å²) in [5, 5.41) is 12.9. The number of ether oxygens (including phenoxy) is 1. The molecule has 2 aromatic carbocycles. The predicted octanol–water partition coefficient (Wildman–Crippen LogP) is 2.71. The summed E-state index contributed by atoms with van der Waals surface area (Å²) >= 11 is 0. The highest BCUT2D eigenvalue weighted by Crippen LogP contribution is 2.70. The molecule has 2 fully saturated rings. The van der Waals surface area contributed by atoms with Gasteiger partial charge in [-0.2, -0.15) is 0 Å². The summed E-state index contributed by atoms with van der Waals surface area (Å²) in [6, 6.07) is 15.6. The minimum atomic E-state index is -0.731. The van der Waals surface area contributed by atoms with Crippen molar-refractivity contribution in [1.82, 2.24) is 4.90 Å². The SMILES string of the molecule is COc1ccc(CN2CC[C@]34c5ccccc5NC(=O)[C@H]3C[C@]4(CCO)C2=O)cc1. The molecule has 3 aliphatic rings. The second-order valence-electron chi connectivity index (χ2n) is 8.64. The number of amides is 2. The van der Waals surface area contributed by atoms with Crippen LogP contribution < -0.4 is 10.1 Å². The van der Waals surface area contributed by atoms with Gasteiger partial charge in [-0.1, -0.05) is 30.3 Å². The van der Waals surface area contributed by atoms with Crippen molar-refractivity contribution in [3.63, 3.8) is 0 Å². The number of carbonyl (C=O) groups excluding carboxylic acids is 2. The third kappa shape index (κ3) is 2.40. The standard InChI is InChI=1S/C24H26N2O4/c1-30-17-8-6-16(7-9-17)15-26-12-10-24-18-4-2-3-5-20(18)25-21(28)19(24)14-23(24,11-13-27)22(26)29/h2-9,19,27H,10-15H2,1H3,(H,25,28)/t19-,23-,24+/m1/s1. The Morgan fingerprint density at radius 1 is 1.17 bits per heavy atom. The maximum Gasteiger partial charge on any atom is 0.230 e. The second-order valence-corrected chi connectivity index (χ2v) is 8.64. The van der Waals surface area contributed by atoms with Crippen LogP contribution in [-0.4, -0.2) is 42.1 Å². The van der Waals surface area contributed by atoms with E-state index in [-0.39, 0.29) is 24.3 Å². The zero-order valence-corrected chi connectivity index (χ0v) is 17.1. The molecular formula is C24H26N2O4. The van der Waals surface area contributed by atoms with Crippen LogP contribution in [-0.2, 0) is 21.5 Å². The van der Waals surface area contributed by atoms with Gasteiger partial charge in [0.25, 0.3) is 0 Å². The molecule has 30 heavy (non-hydrogen) atoms.